The van der Waals surface area contributed by atoms with Gasteiger partial charge in [-0.05, 0) is 25.5 Å². The fraction of sp³-hybridized carbons (Fsp3) is 0.133. The first-order chi connectivity index (χ1) is 10.3. The predicted octanol–water partition coefficient (Wildman–Crippen LogP) is 1.06. The van der Waals surface area contributed by atoms with Gasteiger partial charge in [-0.2, -0.15) is 0 Å². The zero-order chi connectivity index (χ0) is 16.2. The molecule has 0 spiro atoms. The van der Waals surface area contributed by atoms with Gasteiger partial charge in [0.25, 0.3) is 17.4 Å². The van der Waals surface area contributed by atoms with E-state index in [9.17, 15) is 18.8 Å². The predicted molar refractivity (Wildman–Crippen MR) is 77.7 cm³/mol. The van der Waals surface area contributed by atoms with Crippen molar-refractivity contribution in [2.45, 2.75) is 13.8 Å². The number of benzene rings is 1. The number of hydrogen-bond donors (Lipinski definition) is 2. The molecule has 1 aliphatic heterocycles. The number of fused-ring (bicyclic) bond motifs is 1. The summed E-state index contributed by atoms with van der Waals surface area (Å²) in [5, 5.41) is 2.08. The van der Waals surface area contributed by atoms with Crippen molar-refractivity contribution < 1.29 is 14.0 Å². The van der Waals surface area contributed by atoms with Crippen LogP contribution in [0.4, 0.5) is 10.2 Å². The first kappa shape index (κ1) is 14.0. The molecule has 0 saturated heterocycles. The van der Waals surface area contributed by atoms with Crippen LogP contribution in [-0.2, 0) is 0 Å². The molecule has 0 atom stereocenters. The smallest absolute Gasteiger partial charge is 0.262 e. The summed E-state index contributed by atoms with van der Waals surface area (Å²) in [5.74, 6) is -1.97. The van der Waals surface area contributed by atoms with E-state index in [0.717, 1.165) is 10.6 Å². The van der Waals surface area contributed by atoms with Gasteiger partial charge in [-0.1, -0.05) is 6.07 Å². The molecule has 0 fully saturated rings. The first-order valence-corrected chi connectivity index (χ1v) is 6.50. The van der Waals surface area contributed by atoms with Gasteiger partial charge in [0.15, 0.2) is 0 Å². The summed E-state index contributed by atoms with van der Waals surface area (Å²) in [6.07, 6.45) is 0. The highest BCUT2D eigenvalue weighted by Crippen LogP contribution is 2.26. The number of amides is 2. The molecular formula is C15H12FN3O3. The van der Waals surface area contributed by atoms with Gasteiger partial charge in [0.05, 0.1) is 16.8 Å². The molecule has 112 valence electrons. The van der Waals surface area contributed by atoms with Crippen LogP contribution in [0.15, 0.2) is 23.0 Å². The number of aryl methyl sites for hydroxylation is 1. The quantitative estimate of drug-likeness (QED) is 0.770. The molecule has 0 bridgehead atoms. The number of pyridine rings is 1. The standard InChI is InChI=1S/C15H12FN3O3/c1-6-3-4-9(7(2)12(6)16)19-10(20)5-8-11(13(19)17)15(22)18-14(8)21/h3-5H,17H2,1-2H3,(H,18,21,22). The number of rotatable bonds is 1. The number of anilines is 1. The fourth-order valence-electron chi connectivity index (χ4n) is 2.58. The van der Waals surface area contributed by atoms with Crippen molar-refractivity contribution in [1.82, 2.24) is 9.88 Å². The van der Waals surface area contributed by atoms with Crippen molar-refractivity contribution in [2.75, 3.05) is 5.73 Å². The van der Waals surface area contributed by atoms with Crippen LogP contribution in [0.1, 0.15) is 31.8 Å². The van der Waals surface area contributed by atoms with Gasteiger partial charge < -0.3 is 5.73 Å². The molecule has 1 aromatic heterocycles. The van der Waals surface area contributed by atoms with Crippen LogP contribution in [0.5, 0.6) is 0 Å². The van der Waals surface area contributed by atoms with Gasteiger partial charge in [0.1, 0.15) is 11.6 Å². The second kappa shape index (κ2) is 4.52. The Morgan fingerprint density at radius 3 is 2.50 bits per heavy atom. The summed E-state index contributed by atoms with van der Waals surface area (Å²) in [7, 11) is 0. The maximum Gasteiger partial charge on any atom is 0.262 e. The Hall–Kier alpha value is -2.96. The zero-order valence-corrected chi connectivity index (χ0v) is 11.9. The van der Waals surface area contributed by atoms with E-state index in [0.29, 0.717) is 5.56 Å². The topological polar surface area (TPSA) is 94.2 Å². The number of carbonyl (C=O) groups is 2. The zero-order valence-electron chi connectivity index (χ0n) is 11.9. The van der Waals surface area contributed by atoms with Crippen LogP contribution in [0.2, 0.25) is 0 Å². The Balaban J connectivity index is 2.38. The van der Waals surface area contributed by atoms with Gasteiger partial charge in [-0.25, -0.2) is 4.39 Å². The van der Waals surface area contributed by atoms with Gasteiger partial charge in [-0.15, -0.1) is 0 Å². The summed E-state index contributed by atoms with van der Waals surface area (Å²) < 4.78 is 15.1. The molecule has 7 heteroatoms. The number of nitrogens with two attached hydrogens (primary N) is 1. The SMILES string of the molecule is Cc1ccc(-n2c(N)c3c(cc2=O)C(=O)NC3=O)c(C)c1F. The third-order valence-corrected chi connectivity index (χ3v) is 3.75. The number of halogens is 1. The second-order valence-electron chi connectivity index (χ2n) is 5.12. The summed E-state index contributed by atoms with van der Waals surface area (Å²) in [4.78, 5) is 35.7. The number of nitrogen functional groups attached to an aromatic ring is 1. The molecule has 3 rings (SSSR count). The molecule has 2 amide bonds. The number of nitrogens with zero attached hydrogens (tertiary/aromatic N) is 1. The lowest BCUT2D eigenvalue weighted by molar-refractivity contribution is 0.0880. The van der Waals surface area contributed by atoms with Crippen molar-refractivity contribution >= 4 is 17.6 Å². The van der Waals surface area contributed by atoms with E-state index in [4.69, 9.17) is 5.73 Å². The Bertz CT molecular complexity index is 915. The highest BCUT2D eigenvalue weighted by Gasteiger charge is 2.32. The Morgan fingerprint density at radius 1 is 1.14 bits per heavy atom. The molecule has 6 nitrogen and oxygen atoms in total. The van der Waals surface area contributed by atoms with Gasteiger partial charge in [0, 0.05) is 11.6 Å². The summed E-state index contributed by atoms with van der Waals surface area (Å²) >= 11 is 0. The van der Waals surface area contributed by atoms with Crippen molar-refractivity contribution in [2.24, 2.45) is 0 Å². The van der Waals surface area contributed by atoms with Crippen molar-refractivity contribution in [1.29, 1.82) is 0 Å². The Morgan fingerprint density at radius 2 is 1.82 bits per heavy atom. The van der Waals surface area contributed by atoms with Crippen LogP contribution >= 0.6 is 0 Å². The average Bonchev–Trinajstić information content (AvgIpc) is 2.73. The minimum atomic E-state index is -0.670. The highest BCUT2D eigenvalue weighted by atomic mass is 19.1. The second-order valence-corrected chi connectivity index (χ2v) is 5.12. The third kappa shape index (κ3) is 1.75. The van der Waals surface area contributed by atoms with Crippen LogP contribution < -0.4 is 16.6 Å². The summed E-state index contributed by atoms with van der Waals surface area (Å²) in [6, 6.07) is 4.09. The minimum Gasteiger partial charge on any atom is -0.384 e. The van der Waals surface area contributed by atoms with E-state index < -0.39 is 23.2 Å². The van der Waals surface area contributed by atoms with Gasteiger partial charge in [-0.3, -0.25) is 24.3 Å². The third-order valence-electron chi connectivity index (χ3n) is 3.75. The number of nitrogens with one attached hydrogen (secondary N) is 1. The summed E-state index contributed by atoms with van der Waals surface area (Å²) in [6.45, 7) is 3.12. The number of imide groups is 1. The van der Waals surface area contributed by atoms with Crippen LogP contribution in [0, 0.1) is 19.7 Å². The number of carbonyl (C=O) groups excluding carboxylic acids is 2. The van der Waals surface area contributed by atoms with Crippen LogP contribution in [-0.4, -0.2) is 16.4 Å². The lowest BCUT2D eigenvalue weighted by Crippen LogP contribution is -2.25. The van der Waals surface area contributed by atoms with Crippen molar-refractivity contribution in [3.63, 3.8) is 0 Å². The first-order valence-electron chi connectivity index (χ1n) is 6.50. The van der Waals surface area contributed by atoms with E-state index in [1.807, 2.05) is 0 Å². The highest BCUT2D eigenvalue weighted by molar-refractivity contribution is 6.23. The molecule has 0 radical (unpaired) electrons. The average molecular weight is 301 g/mol. The number of aromatic nitrogens is 1. The van der Waals surface area contributed by atoms with Gasteiger partial charge >= 0.3 is 0 Å². The lowest BCUT2D eigenvalue weighted by Gasteiger charge is -2.15. The van der Waals surface area contributed by atoms with E-state index in [1.165, 1.54) is 13.0 Å². The largest absolute Gasteiger partial charge is 0.384 e. The molecule has 1 aliphatic rings. The van der Waals surface area contributed by atoms with E-state index >= 15 is 0 Å². The van der Waals surface area contributed by atoms with E-state index in [1.54, 1.807) is 13.0 Å². The fourth-order valence-corrected chi connectivity index (χ4v) is 2.58. The Labute approximate surface area is 124 Å². The van der Waals surface area contributed by atoms with Crippen LogP contribution in [0.3, 0.4) is 0 Å². The Kier molecular flexibility index (Phi) is 2.88. The molecular weight excluding hydrogens is 289 g/mol. The summed E-state index contributed by atoms with van der Waals surface area (Å²) in [5.41, 5.74) is 6.08. The monoisotopic (exact) mass is 301 g/mol. The maximum absolute atomic E-state index is 14.1. The molecule has 0 aliphatic carbocycles. The molecule has 0 saturated carbocycles. The number of hydrogen-bond acceptors (Lipinski definition) is 4. The maximum atomic E-state index is 14.1. The van der Waals surface area contributed by atoms with E-state index in [-0.39, 0.29) is 28.2 Å². The molecule has 0 unspecified atom stereocenters. The van der Waals surface area contributed by atoms with Crippen molar-refractivity contribution in [3.8, 4) is 5.69 Å². The van der Waals surface area contributed by atoms with Gasteiger partial charge in [0.2, 0.25) is 0 Å². The molecule has 1 aromatic carbocycles. The molecule has 2 heterocycles. The lowest BCUT2D eigenvalue weighted by atomic mass is 10.1. The molecule has 3 N–H and O–H groups in total. The van der Waals surface area contributed by atoms with Crippen molar-refractivity contribution in [3.05, 3.63) is 56.6 Å². The molecule has 2 aromatic rings. The molecule has 22 heavy (non-hydrogen) atoms. The minimum absolute atomic E-state index is 0.0611. The van der Waals surface area contributed by atoms with Crippen LogP contribution in [0.25, 0.3) is 5.69 Å². The normalized spacial score (nSPS) is 13.2. The van der Waals surface area contributed by atoms with E-state index in [2.05, 4.69) is 5.32 Å².